The molecule has 2 aromatic carbocycles. The van der Waals surface area contributed by atoms with Gasteiger partial charge in [-0.25, -0.2) is 9.59 Å². The average Bonchev–Trinajstić information content (AvgIpc) is 3.07. The van der Waals surface area contributed by atoms with Crippen LogP contribution in [-0.2, 0) is 16.0 Å². The first-order valence-electron chi connectivity index (χ1n) is 10.3. The van der Waals surface area contributed by atoms with Gasteiger partial charge in [-0.1, -0.05) is 30.3 Å². The van der Waals surface area contributed by atoms with Gasteiger partial charge in [-0.2, -0.15) is 0 Å². The Bertz CT molecular complexity index is 956. The number of hydrogen-bond donors (Lipinski definition) is 1. The zero-order valence-electron chi connectivity index (χ0n) is 18.3. The summed E-state index contributed by atoms with van der Waals surface area (Å²) in [6.45, 7) is 6.86. The number of hydrogen-bond acceptors (Lipinski definition) is 7. The predicted octanol–water partition coefficient (Wildman–Crippen LogP) is 3.53. The van der Waals surface area contributed by atoms with Crippen molar-refractivity contribution < 1.29 is 24.0 Å². The van der Waals surface area contributed by atoms with Crippen molar-refractivity contribution in [2.24, 2.45) is 0 Å². The van der Waals surface area contributed by atoms with E-state index < -0.39 is 34.7 Å². The summed E-state index contributed by atoms with van der Waals surface area (Å²) >= 11 is 0. The molecule has 0 aliphatic carbocycles. The summed E-state index contributed by atoms with van der Waals surface area (Å²) in [6, 6.07) is 14.6. The van der Waals surface area contributed by atoms with E-state index in [1.165, 1.54) is 24.3 Å². The van der Waals surface area contributed by atoms with Crippen LogP contribution in [-0.4, -0.2) is 52.7 Å². The van der Waals surface area contributed by atoms with Crippen LogP contribution in [0.15, 0.2) is 54.6 Å². The fraction of sp³-hybridized carbons (Fsp3) is 0.391. The number of likely N-dealkylation sites (tertiary alicyclic amines) is 1. The van der Waals surface area contributed by atoms with Crippen LogP contribution in [0.25, 0.3) is 0 Å². The second kappa shape index (κ2) is 9.78. The lowest BCUT2D eigenvalue weighted by Gasteiger charge is -2.24. The molecule has 32 heavy (non-hydrogen) atoms. The first-order valence-corrected chi connectivity index (χ1v) is 10.3. The summed E-state index contributed by atoms with van der Waals surface area (Å²) in [6.07, 6.45) is -1.19. The Morgan fingerprint density at radius 2 is 1.75 bits per heavy atom. The van der Waals surface area contributed by atoms with E-state index in [9.17, 15) is 19.7 Å². The van der Waals surface area contributed by atoms with Crippen molar-refractivity contribution in [3.05, 3.63) is 75.8 Å². The van der Waals surface area contributed by atoms with Gasteiger partial charge in [0.05, 0.1) is 16.5 Å². The number of nitro groups is 1. The minimum atomic E-state index is -0.655. The van der Waals surface area contributed by atoms with Crippen LogP contribution >= 0.6 is 0 Å². The van der Waals surface area contributed by atoms with Crippen molar-refractivity contribution in [1.29, 1.82) is 0 Å². The summed E-state index contributed by atoms with van der Waals surface area (Å²) < 4.78 is 11.0. The monoisotopic (exact) mass is 441 g/mol. The van der Waals surface area contributed by atoms with Crippen molar-refractivity contribution in [1.82, 2.24) is 10.2 Å². The summed E-state index contributed by atoms with van der Waals surface area (Å²) in [5, 5.41) is 13.6. The van der Waals surface area contributed by atoms with Gasteiger partial charge in [0.2, 0.25) is 0 Å². The lowest BCUT2D eigenvalue weighted by Crippen LogP contribution is -2.46. The molecule has 1 aliphatic heterocycles. The summed E-state index contributed by atoms with van der Waals surface area (Å²) in [5.41, 5.74) is 0.539. The number of benzene rings is 2. The minimum absolute atomic E-state index is 0.110. The van der Waals surface area contributed by atoms with Crippen LogP contribution < -0.4 is 5.32 Å². The van der Waals surface area contributed by atoms with Crippen LogP contribution in [0, 0.1) is 10.1 Å². The third-order valence-electron chi connectivity index (χ3n) is 4.87. The predicted molar refractivity (Wildman–Crippen MR) is 117 cm³/mol. The van der Waals surface area contributed by atoms with Gasteiger partial charge in [-0.3, -0.25) is 15.0 Å². The lowest BCUT2D eigenvalue weighted by atomic mass is 10.2. The van der Waals surface area contributed by atoms with Crippen molar-refractivity contribution >= 4 is 17.7 Å². The molecule has 1 amide bonds. The Hall–Kier alpha value is -3.46. The van der Waals surface area contributed by atoms with Gasteiger partial charge < -0.3 is 14.8 Å². The molecule has 0 bridgehead atoms. The van der Waals surface area contributed by atoms with E-state index in [0.29, 0.717) is 19.6 Å². The van der Waals surface area contributed by atoms with Crippen molar-refractivity contribution in [2.45, 2.75) is 45.1 Å². The SMILES string of the molecule is CC(C)(C)OC(=O)NC1CN(Cc2ccccc2)C[C@H]1OC(=O)c1ccc([N+](=O)[O-])cc1. The molecule has 3 rings (SSSR count). The molecule has 1 N–H and O–H groups in total. The molecule has 1 fully saturated rings. The highest BCUT2D eigenvalue weighted by atomic mass is 16.6. The minimum Gasteiger partial charge on any atom is -0.455 e. The van der Waals surface area contributed by atoms with Crippen LogP contribution in [0.5, 0.6) is 0 Å². The Morgan fingerprint density at radius 3 is 2.34 bits per heavy atom. The molecule has 9 nitrogen and oxygen atoms in total. The van der Waals surface area contributed by atoms with E-state index in [0.717, 1.165) is 5.56 Å². The first kappa shape index (κ1) is 23.2. The molecule has 1 unspecified atom stereocenters. The fourth-order valence-electron chi connectivity index (χ4n) is 3.46. The van der Waals surface area contributed by atoms with Crippen LogP contribution in [0.3, 0.4) is 0 Å². The number of carbonyl (C=O) groups is 2. The maximum Gasteiger partial charge on any atom is 0.408 e. The topological polar surface area (TPSA) is 111 Å². The van der Waals surface area contributed by atoms with Crippen LogP contribution in [0.1, 0.15) is 36.7 Å². The molecular formula is C23H27N3O6. The zero-order chi connectivity index (χ0) is 23.3. The largest absolute Gasteiger partial charge is 0.455 e. The van der Waals surface area contributed by atoms with Gasteiger partial charge in [0, 0.05) is 31.8 Å². The lowest BCUT2D eigenvalue weighted by molar-refractivity contribution is -0.384. The summed E-state index contributed by atoms with van der Waals surface area (Å²) in [5.74, 6) is -0.609. The van der Waals surface area contributed by atoms with Crippen molar-refractivity contribution in [3.63, 3.8) is 0 Å². The number of nitrogens with zero attached hydrogens (tertiary/aromatic N) is 2. The third-order valence-corrected chi connectivity index (χ3v) is 4.87. The van der Waals surface area contributed by atoms with Crippen molar-refractivity contribution in [2.75, 3.05) is 13.1 Å². The van der Waals surface area contributed by atoms with E-state index in [4.69, 9.17) is 9.47 Å². The molecule has 1 aliphatic rings. The smallest absolute Gasteiger partial charge is 0.408 e. The fourth-order valence-corrected chi connectivity index (χ4v) is 3.46. The molecule has 0 radical (unpaired) electrons. The Balaban J connectivity index is 1.70. The summed E-state index contributed by atoms with van der Waals surface area (Å²) in [7, 11) is 0. The Labute approximate surface area is 186 Å². The van der Waals surface area contributed by atoms with Gasteiger partial charge >= 0.3 is 12.1 Å². The number of nitrogens with one attached hydrogen (secondary N) is 1. The van der Waals surface area contributed by atoms with Gasteiger partial charge in [-0.05, 0) is 38.5 Å². The van der Waals surface area contributed by atoms with Crippen LogP contribution in [0.2, 0.25) is 0 Å². The Morgan fingerprint density at radius 1 is 1.09 bits per heavy atom. The number of nitro benzene ring substituents is 1. The number of amides is 1. The highest BCUT2D eigenvalue weighted by Gasteiger charge is 2.37. The number of non-ortho nitro benzene ring substituents is 1. The molecule has 0 spiro atoms. The second-order valence-corrected chi connectivity index (χ2v) is 8.68. The molecule has 9 heteroatoms. The van der Waals surface area contributed by atoms with Crippen LogP contribution in [0.4, 0.5) is 10.5 Å². The Kier molecular flexibility index (Phi) is 7.09. The van der Waals surface area contributed by atoms with E-state index in [1.807, 2.05) is 30.3 Å². The molecule has 0 saturated carbocycles. The molecule has 2 aromatic rings. The number of rotatable bonds is 6. The van der Waals surface area contributed by atoms with Gasteiger partial charge in [0.1, 0.15) is 11.7 Å². The van der Waals surface area contributed by atoms with Gasteiger partial charge in [0.25, 0.3) is 5.69 Å². The highest BCUT2D eigenvalue weighted by molar-refractivity contribution is 5.89. The number of esters is 1. The van der Waals surface area contributed by atoms with E-state index in [2.05, 4.69) is 10.2 Å². The maximum absolute atomic E-state index is 12.7. The van der Waals surface area contributed by atoms with E-state index >= 15 is 0 Å². The number of carbonyl (C=O) groups excluding carboxylic acids is 2. The number of ether oxygens (including phenoxy) is 2. The second-order valence-electron chi connectivity index (χ2n) is 8.68. The quantitative estimate of drug-likeness (QED) is 0.415. The average molecular weight is 441 g/mol. The zero-order valence-corrected chi connectivity index (χ0v) is 18.3. The molecule has 1 saturated heterocycles. The number of alkyl carbamates (subject to hydrolysis) is 1. The standard InChI is InChI=1S/C23H27N3O6/c1-23(2,3)32-22(28)24-19-14-25(13-16-7-5-4-6-8-16)15-20(19)31-21(27)17-9-11-18(12-10-17)26(29)30/h4-12,19-20H,13-15H2,1-3H3,(H,24,28)/t19?,20-/m1/s1. The van der Waals surface area contributed by atoms with Gasteiger partial charge in [0.15, 0.2) is 0 Å². The molecule has 0 aromatic heterocycles. The van der Waals surface area contributed by atoms with E-state index in [-0.39, 0.29) is 11.3 Å². The highest BCUT2D eigenvalue weighted by Crippen LogP contribution is 2.20. The molecule has 2 atom stereocenters. The molecular weight excluding hydrogens is 414 g/mol. The molecule has 1 heterocycles. The van der Waals surface area contributed by atoms with E-state index in [1.54, 1.807) is 20.8 Å². The molecule has 170 valence electrons. The first-order chi connectivity index (χ1) is 15.1. The van der Waals surface area contributed by atoms with Gasteiger partial charge in [-0.15, -0.1) is 0 Å². The maximum atomic E-state index is 12.7. The normalized spacial score (nSPS) is 18.7. The summed E-state index contributed by atoms with van der Waals surface area (Å²) in [4.78, 5) is 37.4. The van der Waals surface area contributed by atoms with Crippen molar-refractivity contribution in [3.8, 4) is 0 Å². The third kappa shape index (κ3) is 6.52.